The molecule has 1 heterocycles. The number of rotatable bonds is 4. The Hall–Kier alpha value is -2.73. The molecule has 6 heteroatoms. The first-order valence-electron chi connectivity index (χ1n) is 7.30. The van der Waals surface area contributed by atoms with Crippen molar-refractivity contribution in [1.29, 1.82) is 0 Å². The highest BCUT2D eigenvalue weighted by atomic mass is 19.1. The van der Waals surface area contributed by atoms with E-state index in [1.165, 1.54) is 18.2 Å². The Morgan fingerprint density at radius 2 is 1.96 bits per heavy atom. The van der Waals surface area contributed by atoms with Gasteiger partial charge in [0.05, 0.1) is 11.1 Å². The molecular formula is C17H17FN4O. The van der Waals surface area contributed by atoms with Gasteiger partial charge in [-0.15, -0.1) is 0 Å². The third-order valence-corrected chi connectivity index (χ3v) is 3.41. The van der Waals surface area contributed by atoms with Crippen molar-refractivity contribution in [3.63, 3.8) is 0 Å². The van der Waals surface area contributed by atoms with E-state index in [9.17, 15) is 9.50 Å². The Bertz CT molecular complexity index is 831. The average molecular weight is 312 g/mol. The molecule has 3 rings (SSSR count). The molecule has 0 aliphatic carbocycles. The van der Waals surface area contributed by atoms with Crippen molar-refractivity contribution in [2.45, 2.75) is 13.0 Å². The van der Waals surface area contributed by atoms with Crippen LogP contribution in [0, 0.1) is 5.82 Å². The van der Waals surface area contributed by atoms with E-state index in [1.54, 1.807) is 0 Å². The van der Waals surface area contributed by atoms with Gasteiger partial charge in [-0.2, -0.15) is 0 Å². The normalized spacial score (nSPS) is 12.3. The Morgan fingerprint density at radius 3 is 2.70 bits per heavy atom. The van der Waals surface area contributed by atoms with E-state index in [2.05, 4.69) is 15.3 Å². The molecule has 0 amide bonds. The Morgan fingerprint density at radius 1 is 1.17 bits per heavy atom. The average Bonchev–Trinajstić information content (AvgIpc) is 2.52. The molecule has 0 aliphatic heterocycles. The summed E-state index contributed by atoms with van der Waals surface area (Å²) in [7, 11) is 0. The summed E-state index contributed by atoms with van der Waals surface area (Å²) in [6.07, 6.45) is 0. The summed E-state index contributed by atoms with van der Waals surface area (Å²) in [5, 5.41) is 13.9. The molecule has 3 aromatic rings. The predicted molar refractivity (Wildman–Crippen MR) is 88.7 cm³/mol. The highest BCUT2D eigenvalue weighted by Gasteiger charge is 2.16. The minimum atomic E-state index is -0.571. The molecule has 2 aromatic carbocycles. The molecule has 0 unspecified atom stereocenters. The van der Waals surface area contributed by atoms with Crippen LogP contribution in [0.25, 0.3) is 22.3 Å². The predicted octanol–water partition coefficient (Wildman–Crippen LogP) is 2.90. The van der Waals surface area contributed by atoms with Crippen molar-refractivity contribution in [3.05, 3.63) is 48.3 Å². The van der Waals surface area contributed by atoms with Crippen LogP contribution in [-0.2, 0) is 0 Å². The van der Waals surface area contributed by atoms with Crippen LogP contribution < -0.4 is 11.1 Å². The van der Waals surface area contributed by atoms with E-state index in [0.29, 0.717) is 17.9 Å². The van der Waals surface area contributed by atoms with Gasteiger partial charge >= 0.3 is 0 Å². The van der Waals surface area contributed by atoms with Crippen LogP contribution in [0.3, 0.4) is 0 Å². The molecule has 5 nitrogen and oxygen atoms in total. The van der Waals surface area contributed by atoms with Crippen LogP contribution in [0.1, 0.15) is 6.92 Å². The number of hydrogen-bond donors (Lipinski definition) is 3. The SMILES string of the molecule is C[C@@H](N)CNc1nc(-c2c(O)cccc2F)nc2ccccc12. The summed E-state index contributed by atoms with van der Waals surface area (Å²) in [5.41, 5.74) is 6.42. The Balaban J connectivity index is 2.18. The largest absolute Gasteiger partial charge is 0.507 e. The molecule has 0 aliphatic rings. The van der Waals surface area contributed by atoms with Crippen molar-refractivity contribution in [2.24, 2.45) is 5.73 Å². The first-order valence-corrected chi connectivity index (χ1v) is 7.30. The standard InChI is InChI=1S/C17H17FN4O/c1-10(19)9-20-16-11-5-2-3-7-13(11)21-17(22-16)15-12(18)6-4-8-14(15)23/h2-8,10,23H,9,19H2,1H3,(H,20,21,22)/t10-/m1/s1. The van der Waals surface area contributed by atoms with Crippen molar-refractivity contribution in [3.8, 4) is 17.1 Å². The van der Waals surface area contributed by atoms with Gasteiger partial charge in [0.2, 0.25) is 0 Å². The van der Waals surface area contributed by atoms with E-state index in [1.807, 2.05) is 31.2 Å². The minimum Gasteiger partial charge on any atom is -0.507 e. The number of halogens is 1. The number of phenolic OH excluding ortho intramolecular Hbond substituents is 1. The lowest BCUT2D eigenvalue weighted by Crippen LogP contribution is -2.25. The van der Waals surface area contributed by atoms with Gasteiger partial charge in [-0.1, -0.05) is 18.2 Å². The van der Waals surface area contributed by atoms with Crippen LogP contribution in [0.2, 0.25) is 0 Å². The maximum Gasteiger partial charge on any atom is 0.168 e. The van der Waals surface area contributed by atoms with Gasteiger partial charge < -0.3 is 16.2 Å². The molecule has 1 aromatic heterocycles. The number of fused-ring (bicyclic) bond motifs is 1. The second kappa shape index (κ2) is 6.18. The zero-order valence-corrected chi connectivity index (χ0v) is 12.6. The molecular weight excluding hydrogens is 295 g/mol. The number of nitrogens with zero attached hydrogens (tertiary/aromatic N) is 2. The second-order valence-corrected chi connectivity index (χ2v) is 5.41. The van der Waals surface area contributed by atoms with Gasteiger partial charge in [0, 0.05) is 18.0 Å². The Kier molecular flexibility index (Phi) is 4.08. The monoisotopic (exact) mass is 312 g/mol. The lowest BCUT2D eigenvalue weighted by Gasteiger charge is -2.13. The van der Waals surface area contributed by atoms with E-state index in [0.717, 1.165) is 5.39 Å². The summed E-state index contributed by atoms with van der Waals surface area (Å²) in [4.78, 5) is 8.76. The van der Waals surface area contributed by atoms with Crippen molar-refractivity contribution < 1.29 is 9.50 Å². The van der Waals surface area contributed by atoms with Crippen molar-refractivity contribution >= 4 is 16.7 Å². The lowest BCUT2D eigenvalue weighted by atomic mass is 10.1. The van der Waals surface area contributed by atoms with Gasteiger partial charge in [0.1, 0.15) is 17.4 Å². The number of hydrogen-bond acceptors (Lipinski definition) is 5. The molecule has 0 saturated heterocycles. The second-order valence-electron chi connectivity index (χ2n) is 5.41. The fourth-order valence-electron chi connectivity index (χ4n) is 2.31. The van der Waals surface area contributed by atoms with Crippen molar-refractivity contribution in [2.75, 3.05) is 11.9 Å². The molecule has 0 radical (unpaired) electrons. The van der Waals surface area contributed by atoms with Gasteiger partial charge in [0.15, 0.2) is 5.82 Å². The van der Waals surface area contributed by atoms with Crippen LogP contribution in [-0.4, -0.2) is 27.7 Å². The highest BCUT2D eigenvalue weighted by molar-refractivity contribution is 5.90. The molecule has 0 bridgehead atoms. The number of anilines is 1. The number of phenols is 1. The Labute approximate surface area is 133 Å². The first-order chi connectivity index (χ1) is 11.1. The highest BCUT2D eigenvalue weighted by Crippen LogP contribution is 2.32. The summed E-state index contributed by atoms with van der Waals surface area (Å²) in [6, 6.07) is 11.5. The summed E-state index contributed by atoms with van der Waals surface area (Å²) in [6.45, 7) is 2.39. The van der Waals surface area contributed by atoms with E-state index in [4.69, 9.17) is 5.73 Å². The fraction of sp³-hybridized carbons (Fsp3) is 0.176. The lowest BCUT2D eigenvalue weighted by molar-refractivity contribution is 0.471. The quantitative estimate of drug-likeness (QED) is 0.690. The van der Waals surface area contributed by atoms with Crippen LogP contribution in [0.5, 0.6) is 5.75 Å². The number of para-hydroxylation sites is 1. The number of aromatic nitrogens is 2. The summed E-state index contributed by atoms with van der Waals surface area (Å²) >= 11 is 0. The van der Waals surface area contributed by atoms with Crippen molar-refractivity contribution in [1.82, 2.24) is 9.97 Å². The number of nitrogens with one attached hydrogen (secondary N) is 1. The topological polar surface area (TPSA) is 84.1 Å². The molecule has 0 fully saturated rings. The maximum atomic E-state index is 14.1. The van der Waals surface area contributed by atoms with Gasteiger partial charge in [0.25, 0.3) is 0 Å². The fourth-order valence-corrected chi connectivity index (χ4v) is 2.31. The zero-order chi connectivity index (χ0) is 16.4. The zero-order valence-electron chi connectivity index (χ0n) is 12.6. The molecule has 23 heavy (non-hydrogen) atoms. The minimum absolute atomic E-state index is 0.0119. The maximum absolute atomic E-state index is 14.1. The first kappa shape index (κ1) is 15.2. The van der Waals surface area contributed by atoms with Gasteiger partial charge in [-0.05, 0) is 31.2 Å². The van der Waals surface area contributed by atoms with Crippen LogP contribution in [0.15, 0.2) is 42.5 Å². The smallest absolute Gasteiger partial charge is 0.168 e. The molecule has 118 valence electrons. The molecule has 1 atom stereocenters. The van der Waals surface area contributed by atoms with Crippen LogP contribution in [0.4, 0.5) is 10.2 Å². The van der Waals surface area contributed by atoms with E-state index in [-0.39, 0.29) is 23.2 Å². The molecule has 0 spiro atoms. The number of benzene rings is 2. The molecule has 0 saturated carbocycles. The number of aromatic hydroxyl groups is 1. The molecule has 4 N–H and O–H groups in total. The summed E-state index contributed by atoms with van der Waals surface area (Å²) < 4.78 is 14.1. The third kappa shape index (κ3) is 3.07. The van der Waals surface area contributed by atoms with Crippen LogP contribution >= 0.6 is 0 Å². The van der Waals surface area contributed by atoms with E-state index >= 15 is 0 Å². The summed E-state index contributed by atoms with van der Waals surface area (Å²) in [5.74, 6) is -0.0751. The number of nitrogens with two attached hydrogens (primary N) is 1. The van der Waals surface area contributed by atoms with Gasteiger partial charge in [-0.25, -0.2) is 14.4 Å². The third-order valence-electron chi connectivity index (χ3n) is 3.41. The van der Waals surface area contributed by atoms with Gasteiger partial charge in [-0.3, -0.25) is 0 Å². The van der Waals surface area contributed by atoms with E-state index < -0.39 is 5.82 Å².